The summed E-state index contributed by atoms with van der Waals surface area (Å²) in [6, 6.07) is -0.364. The lowest BCUT2D eigenvalue weighted by atomic mass is 10.1. The molecule has 0 amide bonds. The maximum Gasteiger partial charge on any atom is 0.320 e. The number of nitrogens with zero attached hydrogens (tertiary/aromatic N) is 1. The summed E-state index contributed by atoms with van der Waals surface area (Å²) in [5.74, 6) is -0.753. The van der Waals surface area contributed by atoms with Crippen LogP contribution in [0.3, 0.4) is 0 Å². The molecule has 0 aromatic rings. The second-order valence-corrected chi connectivity index (χ2v) is 3.10. The van der Waals surface area contributed by atoms with Crippen molar-refractivity contribution < 1.29 is 9.90 Å². The maximum absolute atomic E-state index is 10.7. The molecular formula is C8H20Cl2N2O2. The molecule has 0 aromatic carbocycles. The van der Waals surface area contributed by atoms with Crippen LogP contribution in [0.25, 0.3) is 0 Å². The van der Waals surface area contributed by atoms with Crippen molar-refractivity contribution >= 4 is 30.8 Å². The van der Waals surface area contributed by atoms with Gasteiger partial charge in [-0.15, -0.1) is 24.8 Å². The zero-order chi connectivity index (χ0) is 9.56. The van der Waals surface area contributed by atoms with E-state index in [1.807, 2.05) is 0 Å². The average molecular weight is 247 g/mol. The zero-order valence-electron chi connectivity index (χ0n) is 8.60. The summed E-state index contributed by atoms with van der Waals surface area (Å²) >= 11 is 0. The van der Waals surface area contributed by atoms with Crippen LogP contribution in [-0.4, -0.2) is 42.7 Å². The minimum absolute atomic E-state index is 0. The molecule has 4 nitrogen and oxygen atoms in total. The Kier molecular flexibility index (Phi) is 15.4. The van der Waals surface area contributed by atoms with Gasteiger partial charge in [0.1, 0.15) is 6.04 Å². The van der Waals surface area contributed by atoms with Crippen LogP contribution in [0.5, 0.6) is 0 Å². The van der Waals surface area contributed by atoms with Crippen molar-refractivity contribution in [2.24, 2.45) is 5.73 Å². The Balaban J connectivity index is -0.000000605. The Hall–Kier alpha value is -0.0300. The fourth-order valence-electron chi connectivity index (χ4n) is 1.08. The van der Waals surface area contributed by atoms with Crippen LogP contribution in [0.15, 0.2) is 0 Å². The van der Waals surface area contributed by atoms with Gasteiger partial charge in [-0.05, 0) is 33.5 Å². The van der Waals surface area contributed by atoms with E-state index < -0.39 is 5.97 Å². The molecule has 0 fully saturated rings. The van der Waals surface area contributed by atoms with E-state index in [4.69, 9.17) is 10.8 Å². The van der Waals surface area contributed by atoms with Crippen LogP contribution in [0.4, 0.5) is 0 Å². The lowest BCUT2D eigenvalue weighted by molar-refractivity contribution is -0.142. The quantitative estimate of drug-likeness (QED) is 0.686. The first-order valence-corrected chi connectivity index (χ1v) is 4.19. The first-order valence-electron chi connectivity index (χ1n) is 4.19. The van der Waals surface area contributed by atoms with Gasteiger partial charge in [-0.3, -0.25) is 9.69 Å². The standard InChI is InChI=1S/C8H18N2O2.2ClH/c1-10(2)7(8(11)12)5-3-4-6-9;;/h7H,3-6,9H2,1-2H3,(H,11,12);2*1H/t7-;;/m0../s1. The van der Waals surface area contributed by atoms with Crippen molar-refractivity contribution in [3.8, 4) is 0 Å². The number of aliphatic carboxylic acids is 1. The van der Waals surface area contributed by atoms with Crippen molar-refractivity contribution in [2.75, 3.05) is 20.6 Å². The number of carbonyl (C=O) groups is 1. The van der Waals surface area contributed by atoms with Crippen molar-refractivity contribution in [3.05, 3.63) is 0 Å². The Morgan fingerprint density at radius 1 is 1.36 bits per heavy atom. The molecule has 0 aliphatic rings. The Labute approximate surface area is 97.7 Å². The van der Waals surface area contributed by atoms with E-state index in [2.05, 4.69) is 0 Å². The minimum atomic E-state index is -0.753. The smallest absolute Gasteiger partial charge is 0.320 e. The number of halogens is 2. The third kappa shape index (κ3) is 8.56. The molecule has 3 N–H and O–H groups in total. The van der Waals surface area contributed by atoms with Gasteiger partial charge >= 0.3 is 5.97 Å². The lowest BCUT2D eigenvalue weighted by Gasteiger charge is -2.19. The Morgan fingerprint density at radius 3 is 2.14 bits per heavy atom. The van der Waals surface area contributed by atoms with Crippen LogP contribution in [0.1, 0.15) is 19.3 Å². The molecule has 0 radical (unpaired) electrons. The van der Waals surface area contributed by atoms with Gasteiger partial charge in [-0.1, -0.05) is 6.42 Å². The van der Waals surface area contributed by atoms with Gasteiger partial charge in [0.2, 0.25) is 0 Å². The molecule has 0 aliphatic heterocycles. The largest absolute Gasteiger partial charge is 0.480 e. The van der Waals surface area contributed by atoms with Gasteiger partial charge in [0.25, 0.3) is 0 Å². The number of nitrogens with two attached hydrogens (primary N) is 1. The summed E-state index contributed by atoms with van der Waals surface area (Å²) < 4.78 is 0. The highest BCUT2D eigenvalue weighted by atomic mass is 35.5. The highest BCUT2D eigenvalue weighted by Crippen LogP contribution is 2.05. The fraction of sp³-hybridized carbons (Fsp3) is 0.875. The molecule has 0 heterocycles. The normalized spacial score (nSPS) is 11.4. The van der Waals surface area contributed by atoms with Gasteiger partial charge in [0, 0.05) is 0 Å². The molecule has 0 unspecified atom stereocenters. The van der Waals surface area contributed by atoms with Crippen molar-refractivity contribution in [1.29, 1.82) is 0 Å². The predicted molar refractivity (Wildman–Crippen MR) is 62.5 cm³/mol. The summed E-state index contributed by atoms with van der Waals surface area (Å²) in [5, 5.41) is 8.77. The lowest BCUT2D eigenvalue weighted by Crippen LogP contribution is -2.35. The van der Waals surface area contributed by atoms with E-state index in [0.717, 1.165) is 12.8 Å². The zero-order valence-corrected chi connectivity index (χ0v) is 10.2. The summed E-state index contributed by atoms with van der Waals surface area (Å²) in [6.45, 7) is 0.639. The second kappa shape index (κ2) is 11.0. The van der Waals surface area contributed by atoms with Crippen LogP contribution in [-0.2, 0) is 4.79 Å². The first-order chi connectivity index (χ1) is 5.59. The highest BCUT2D eigenvalue weighted by molar-refractivity contribution is 5.85. The summed E-state index contributed by atoms with van der Waals surface area (Å²) in [6.07, 6.45) is 2.46. The number of rotatable bonds is 6. The number of likely N-dealkylation sites (N-methyl/N-ethyl adjacent to an activating group) is 1. The van der Waals surface area contributed by atoms with Gasteiger partial charge in [0.05, 0.1) is 0 Å². The van der Waals surface area contributed by atoms with Gasteiger partial charge < -0.3 is 10.8 Å². The van der Waals surface area contributed by atoms with Crippen LogP contribution >= 0.6 is 24.8 Å². The van der Waals surface area contributed by atoms with Crippen molar-refractivity contribution in [1.82, 2.24) is 4.90 Å². The summed E-state index contributed by atoms with van der Waals surface area (Å²) in [7, 11) is 3.56. The van der Waals surface area contributed by atoms with Gasteiger partial charge in [-0.25, -0.2) is 0 Å². The molecule has 0 saturated heterocycles. The van der Waals surface area contributed by atoms with Gasteiger partial charge in [0.15, 0.2) is 0 Å². The third-order valence-corrected chi connectivity index (χ3v) is 1.84. The third-order valence-electron chi connectivity index (χ3n) is 1.84. The van der Waals surface area contributed by atoms with E-state index in [9.17, 15) is 4.79 Å². The van der Waals surface area contributed by atoms with Crippen molar-refractivity contribution in [3.63, 3.8) is 0 Å². The molecule has 0 rings (SSSR count). The average Bonchev–Trinajstić information content (AvgIpc) is 1.96. The topological polar surface area (TPSA) is 66.6 Å². The monoisotopic (exact) mass is 246 g/mol. The first kappa shape index (κ1) is 19.5. The molecule has 14 heavy (non-hydrogen) atoms. The molecule has 0 bridgehead atoms. The van der Waals surface area contributed by atoms with E-state index in [1.165, 1.54) is 0 Å². The van der Waals surface area contributed by atoms with Crippen LogP contribution < -0.4 is 5.73 Å². The molecule has 0 saturated carbocycles. The molecule has 1 atom stereocenters. The molecule has 6 heteroatoms. The summed E-state index contributed by atoms with van der Waals surface area (Å²) in [5.41, 5.74) is 5.31. The number of hydrogen-bond donors (Lipinski definition) is 2. The molecule has 0 aliphatic carbocycles. The van der Waals surface area contributed by atoms with Crippen LogP contribution in [0, 0.1) is 0 Å². The van der Waals surface area contributed by atoms with E-state index in [-0.39, 0.29) is 30.9 Å². The van der Waals surface area contributed by atoms with Crippen molar-refractivity contribution in [2.45, 2.75) is 25.3 Å². The van der Waals surface area contributed by atoms with E-state index >= 15 is 0 Å². The molecule has 0 aromatic heterocycles. The Morgan fingerprint density at radius 2 is 1.86 bits per heavy atom. The maximum atomic E-state index is 10.7. The fourth-order valence-corrected chi connectivity index (χ4v) is 1.08. The minimum Gasteiger partial charge on any atom is -0.480 e. The van der Waals surface area contributed by atoms with E-state index in [0.29, 0.717) is 13.0 Å². The Bertz CT molecular complexity index is 145. The number of carboxylic acid groups (broad SMARTS) is 1. The SMILES string of the molecule is CN(C)[C@@H](CCCCN)C(=O)O.Cl.Cl. The summed E-state index contributed by atoms with van der Waals surface area (Å²) in [4.78, 5) is 12.4. The number of unbranched alkanes of at least 4 members (excludes halogenated alkanes) is 1. The molecular weight excluding hydrogens is 227 g/mol. The highest BCUT2D eigenvalue weighted by Gasteiger charge is 2.18. The molecule has 0 spiro atoms. The molecule has 88 valence electrons. The number of carboxylic acids is 1. The van der Waals surface area contributed by atoms with E-state index in [1.54, 1.807) is 19.0 Å². The predicted octanol–water partition coefficient (Wildman–Crippen LogP) is 0.974. The van der Waals surface area contributed by atoms with Crippen LogP contribution in [0.2, 0.25) is 0 Å². The van der Waals surface area contributed by atoms with Gasteiger partial charge in [-0.2, -0.15) is 0 Å². The second-order valence-electron chi connectivity index (χ2n) is 3.10. The number of hydrogen-bond acceptors (Lipinski definition) is 3.